The zero-order valence-corrected chi connectivity index (χ0v) is 13.8. The predicted molar refractivity (Wildman–Crippen MR) is 90.8 cm³/mol. The Morgan fingerprint density at radius 1 is 1.21 bits per heavy atom. The molecule has 1 aromatic carbocycles. The number of benzene rings is 1. The van der Waals surface area contributed by atoms with Gasteiger partial charge in [-0.25, -0.2) is 0 Å². The first-order chi connectivity index (χ1) is 11.7. The fourth-order valence-electron chi connectivity index (χ4n) is 3.12. The molecule has 5 heteroatoms. The third kappa shape index (κ3) is 3.41. The molecule has 24 heavy (non-hydrogen) atoms. The van der Waals surface area contributed by atoms with Crippen LogP contribution in [0.3, 0.4) is 0 Å². The Kier molecular flexibility index (Phi) is 5.11. The van der Waals surface area contributed by atoms with Crippen molar-refractivity contribution in [3.8, 4) is 5.75 Å². The van der Waals surface area contributed by atoms with Gasteiger partial charge < -0.3 is 14.8 Å². The molecule has 0 aliphatic carbocycles. The number of ether oxygens (including phenoxy) is 2. The molecule has 2 heterocycles. The van der Waals surface area contributed by atoms with E-state index in [0.717, 1.165) is 17.0 Å². The number of pyridine rings is 1. The van der Waals surface area contributed by atoms with E-state index in [1.54, 1.807) is 13.3 Å². The van der Waals surface area contributed by atoms with Crippen LogP contribution >= 0.6 is 0 Å². The van der Waals surface area contributed by atoms with E-state index in [1.165, 1.54) is 0 Å². The molecule has 1 amide bonds. The summed E-state index contributed by atoms with van der Waals surface area (Å²) in [6.07, 6.45) is 3.08. The maximum Gasteiger partial charge on any atom is 0.231 e. The second-order valence-electron chi connectivity index (χ2n) is 5.93. The van der Waals surface area contributed by atoms with Gasteiger partial charge in [-0.05, 0) is 42.7 Å². The Bertz CT molecular complexity index is 665. The van der Waals surface area contributed by atoms with Crippen LogP contribution in [0.1, 0.15) is 24.1 Å². The zero-order chi connectivity index (χ0) is 16.8. The summed E-state index contributed by atoms with van der Waals surface area (Å²) >= 11 is 0. The summed E-state index contributed by atoms with van der Waals surface area (Å²) in [4.78, 5) is 17.3. The van der Waals surface area contributed by atoms with Gasteiger partial charge in [0.15, 0.2) is 0 Å². The largest absolute Gasteiger partial charge is 0.497 e. The molecule has 1 saturated heterocycles. The number of methoxy groups -OCH3 is 1. The minimum atomic E-state index is -0.556. The monoisotopic (exact) mass is 326 g/mol. The first kappa shape index (κ1) is 16.5. The van der Waals surface area contributed by atoms with Crippen LogP contribution < -0.4 is 10.1 Å². The smallest absolute Gasteiger partial charge is 0.231 e. The molecule has 0 saturated carbocycles. The molecule has 0 atom stereocenters. The minimum absolute atomic E-state index is 0.0293. The lowest BCUT2D eigenvalue weighted by atomic mass is 9.73. The van der Waals surface area contributed by atoms with Gasteiger partial charge in [-0.1, -0.05) is 18.2 Å². The number of carbonyl (C=O) groups excluding carboxylic acids is 1. The molecule has 0 radical (unpaired) electrons. The van der Waals surface area contributed by atoms with E-state index in [0.29, 0.717) is 32.6 Å². The molecule has 2 aromatic rings. The number of rotatable bonds is 5. The summed E-state index contributed by atoms with van der Waals surface area (Å²) in [5.74, 6) is 0.816. The molecule has 3 rings (SSSR count). The van der Waals surface area contributed by atoms with Gasteiger partial charge in [0.2, 0.25) is 5.91 Å². The highest BCUT2D eigenvalue weighted by molar-refractivity contribution is 5.88. The quantitative estimate of drug-likeness (QED) is 0.917. The molecule has 1 aliphatic heterocycles. The molecule has 0 bridgehead atoms. The summed E-state index contributed by atoms with van der Waals surface area (Å²) in [6.45, 7) is 1.60. The standard InChI is InChI=1S/C19H22N2O3/c1-23-17-7-5-15(6-8-17)19(9-12-24-13-10-19)18(22)21-14-16-4-2-3-11-20-16/h2-8,11H,9-10,12-14H2,1H3,(H,21,22). The fraction of sp³-hybridized carbons (Fsp3) is 0.368. The number of amides is 1. The summed E-state index contributed by atoms with van der Waals surface area (Å²) in [5, 5.41) is 3.05. The van der Waals surface area contributed by atoms with Crippen LogP contribution in [-0.2, 0) is 21.5 Å². The van der Waals surface area contributed by atoms with E-state index < -0.39 is 5.41 Å². The van der Waals surface area contributed by atoms with E-state index in [9.17, 15) is 4.79 Å². The van der Waals surface area contributed by atoms with Crippen molar-refractivity contribution < 1.29 is 14.3 Å². The Balaban J connectivity index is 1.80. The molecule has 1 N–H and O–H groups in total. The average Bonchev–Trinajstić information content (AvgIpc) is 2.67. The number of hydrogen-bond acceptors (Lipinski definition) is 4. The molecule has 1 fully saturated rings. The van der Waals surface area contributed by atoms with Gasteiger partial charge >= 0.3 is 0 Å². The summed E-state index contributed by atoms with van der Waals surface area (Å²) in [5.41, 5.74) is 1.30. The second-order valence-corrected chi connectivity index (χ2v) is 5.93. The Morgan fingerprint density at radius 3 is 2.58 bits per heavy atom. The van der Waals surface area contributed by atoms with Gasteiger partial charge in [0.25, 0.3) is 0 Å². The number of nitrogens with zero attached hydrogens (tertiary/aromatic N) is 1. The van der Waals surface area contributed by atoms with Gasteiger partial charge in [0.1, 0.15) is 5.75 Å². The highest BCUT2D eigenvalue weighted by atomic mass is 16.5. The molecule has 126 valence electrons. The van der Waals surface area contributed by atoms with Crippen LogP contribution in [0.2, 0.25) is 0 Å². The Hall–Kier alpha value is -2.40. The predicted octanol–water partition coefficient (Wildman–Crippen LogP) is 2.45. The normalized spacial score (nSPS) is 16.4. The molecular formula is C19H22N2O3. The van der Waals surface area contributed by atoms with Crippen LogP contribution in [0.25, 0.3) is 0 Å². The molecule has 5 nitrogen and oxygen atoms in total. The molecule has 0 spiro atoms. The van der Waals surface area contributed by atoms with Gasteiger partial charge in [-0.3, -0.25) is 9.78 Å². The maximum absolute atomic E-state index is 13.0. The lowest BCUT2D eigenvalue weighted by Crippen LogP contribution is -2.47. The van der Waals surface area contributed by atoms with Crippen molar-refractivity contribution in [2.24, 2.45) is 0 Å². The van der Waals surface area contributed by atoms with Crippen molar-refractivity contribution in [2.75, 3.05) is 20.3 Å². The third-order valence-corrected chi connectivity index (χ3v) is 4.58. The van der Waals surface area contributed by atoms with Crippen LogP contribution in [0.15, 0.2) is 48.7 Å². The van der Waals surface area contributed by atoms with Crippen LogP contribution in [-0.4, -0.2) is 31.2 Å². The lowest BCUT2D eigenvalue weighted by Gasteiger charge is -2.36. The first-order valence-electron chi connectivity index (χ1n) is 8.15. The highest BCUT2D eigenvalue weighted by Crippen LogP contribution is 2.36. The van der Waals surface area contributed by atoms with Crippen LogP contribution in [0.5, 0.6) is 5.75 Å². The number of hydrogen-bond donors (Lipinski definition) is 1. The average molecular weight is 326 g/mol. The molecule has 0 unspecified atom stereocenters. The van der Waals surface area contributed by atoms with E-state index >= 15 is 0 Å². The SMILES string of the molecule is COc1ccc(C2(C(=O)NCc3ccccn3)CCOCC2)cc1. The molecule has 1 aliphatic rings. The second kappa shape index (κ2) is 7.45. The van der Waals surface area contributed by atoms with E-state index in [4.69, 9.17) is 9.47 Å². The minimum Gasteiger partial charge on any atom is -0.497 e. The Labute approximate surface area is 142 Å². The lowest BCUT2D eigenvalue weighted by molar-refractivity contribution is -0.130. The van der Waals surface area contributed by atoms with Crippen LogP contribution in [0.4, 0.5) is 0 Å². The topological polar surface area (TPSA) is 60.5 Å². The van der Waals surface area contributed by atoms with Crippen molar-refractivity contribution in [3.05, 3.63) is 59.9 Å². The number of nitrogens with one attached hydrogen (secondary N) is 1. The van der Waals surface area contributed by atoms with Crippen molar-refractivity contribution >= 4 is 5.91 Å². The van der Waals surface area contributed by atoms with Gasteiger partial charge in [0.05, 0.1) is 24.8 Å². The zero-order valence-electron chi connectivity index (χ0n) is 13.8. The summed E-state index contributed by atoms with van der Waals surface area (Å²) < 4.78 is 10.7. The Morgan fingerprint density at radius 2 is 1.96 bits per heavy atom. The van der Waals surface area contributed by atoms with Crippen molar-refractivity contribution in [3.63, 3.8) is 0 Å². The highest BCUT2D eigenvalue weighted by Gasteiger charge is 2.41. The van der Waals surface area contributed by atoms with E-state index in [-0.39, 0.29) is 5.91 Å². The van der Waals surface area contributed by atoms with Crippen LogP contribution in [0, 0.1) is 0 Å². The van der Waals surface area contributed by atoms with Gasteiger partial charge in [0, 0.05) is 19.4 Å². The van der Waals surface area contributed by atoms with E-state index in [1.807, 2.05) is 42.5 Å². The summed E-state index contributed by atoms with van der Waals surface area (Å²) in [6, 6.07) is 13.4. The van der Waals surface area contributed by atoms with Crippen molar-refractivity contribution in [1.82, 2.24) is 10.3 Å². The van der Waals surface area contributed by atoms with E-state index in [2.05, 4.69) is 10.3 Å². The van der Waals surface area contributed by atoms with Crippen molar-refractivity contribution in [2.45, 2.75) is 24.8 Å². The third-order valence-electron chi connectivity index (χ3n) is 4.58. The maximum atomic E-state index is 13.0. The molecule has 1 aromatic heterocycles. The molecular weight excluding hydrogens is 304 g/mol. The van der Waals surface area contributed by atoms with Gasteiger partial charge in [-0.2, -0.15) is 0 Å². The van der Waals surface area contributed by atoms with Gasteiger partial charge in [-0.15, -0.1) is 0 Å². The van der Waals surface area contributed by atoms with Crippen molar-refractivity contribution in [1.29, 1.82) is 0 Å². The summed E-state index contributed by atoms with van der Waals surface area (Å²) in [7, 11) is 1.64. The number of carbonyl (C=O) groups is 1. The first-order valence-corrected chi connectivity index (χ1v) is 8.15. The fourth-order valence-corrected chi connectivity index (χ4v) is 3.12. The number of aromatic nitrogens is 1.